The van der Waals surface area contributed by atoms with Gasteiger partial charge in [0, 0.05) is 34.4 Å². The fourth-order valence-electron chi connectivity index (χ4n) is 3.69. The van der Waals surface area contributed by atoms with Crippen LogP contribution in [0.15, 0.2) is 52.3 Å². The fraction of sp³-hybridized carbons (Fsp3) is 0.167. The van der Waals surface area contributed by atoms with Crippen LogP contribution in [-0.2, 0) is 0 Å². The van der Waals surface area contributed by atoms with E-state index >= 15 is 0 Å². The lowest BCUT2D eigenvalue weighted by atomic mass is 9.93. The summed E-state index contributed by atoms with van der Waals surface area (Å²) in [6.45, 7) is 8.53. The van der Waals surface area contributed by atoms with Gasteiger partial charge in [-0.15, -0.1) is 0 Å². The first-order valence-corrected chi connectivity index (χ1v) is 8.55. The van der Waals surface area contributed by atoms with E-state index in [1.54, 1.807) is 0 Å². The van der Waals surface area contributed by atoms with E-state index in [0.29, 0.717) is 0 Å². The van der Waals surface area contributed by atoms with Crippen molar-refractivity contribution in [1.82, 2.24) is 0 Å². The van der Waals surface area contributed by atoms with Crippen molar-refractivity contribution in [2.45, 2.75) is 27.7 Å². The Morgan fingerprint density at radius 1 is 0.600 bits per heavy atom. The Bertz CT molecular complexity index is 969. The molecule has 0 unspecified atom stereocenters. The molecule has 0 spiro atoms. The maximum absolute atomic E-state index is 6.52. The van der Waals surface area contributed by atoms with Gasteiger partial charge in [0.15, 0.2) is 0 Å². The molecule has 1 nitrogen and oxygen atoms in total. The lowest BCUT2D eigenvalue weighted by Crippen LogP contribution is -1.89. The van der Waals surface area contributed by atoms with E-state index in [2.05, 4.69) is 75.6 Å². The Morgan fingerprint density at radius 3 is 1.32 bits per heavy atom. The molecular formula is C24H20O. The van der Waals surface area contributed by atoms with Gasteiger partial charge in [-0.1, -0.05) is 47.9 Å². The summed E-state index contributed by atoms with van der Waals surface area (Å²) < 4.78 is 6.52. The molecule has 1 heteroatoms. The molecular weight excluding hydrogens is 304 g/mol. The number of rotatable bonds is 2. The molecule has 0 aliphatic heterocycles. The summed E-state index contributed by atoms with van der Waals surface area (Å²) in [6.07, 6.45) is 3.97. The molecule has 0 bridgehead atoms. The van der Waals surface area contributed by atoms with Crippen LogP contribution in [0.2, 0.25) is 0 Å². The van der Waals surface area contributed by atoms with Crippen LogP contribution >= 0.6 is 0 Å². The van der Waals surface area contributed by atoms with E-state index in [4.69, 9.17) is 4.42 Å². The summed E-state index contributed by atoms with van der Waals surface area (Å²) in [5.41, 5.74) is 15.6. The van der Waals surface area contributed by atoms with Gasteiger partial charge in [-0.2, -0.15) is 0 Å². The third-order valence-electron chi connectivity index (χ3n) is 4.92. The normalized spacial score (nSPS) is 11.8. The van der Waals surface area contributed by atoms with E-state index in [1.807, 2.05) is 12.2 Å². The molecule has 1 heterocycles. The van der Waals surface area contributed by atoms with Gasteiger partial charge in [0.2, 0.25) is 0 Å². The molecule has 122 valence electrons. The average Bonchev–Trinajstić information content (AvgIpc) is 2.94. The van der Waals surface area contributed by atoms with Crippen LogP contribution in [0.5, 0.6) is 0 Å². The number of benzene rings is 2. The van der Waals surface area contributed by atoms with Crippen molar-refractivity contribution in [3.8, 4) is 22.6 Å². The Balaban J connectivity index is 2.07. The zero-order chi connectivity index (χ0) is 17.6. The molecule has 0 saturated carbocycles. The highest BCUT2D eigenvalue weighted by Gasteiger charge is 2.24. The second-order valence-corrected chi connectivity index (χ2v) is 6.70. The highest BCUT2D eigenvalue weighted by atomic mass is 16.3. The predicted molar refractivity (Wildman–Crippen MR) is 104 cm³/mol. The highest BCUT2D eigenvalue weighted by Crippen LogP contribution is 2.43. The molecule has 0 radical (unpaired) electrons. The smallest absolute Gasteiger partial charge is 0.143 e. The van der Waals surface area contributed by atoms with Gasteiger partial charge < -0.3 is 4.42 Å². The number of fused-ring (bicyclic) bond motifs is 1. The Kier molecular flexibility index (Phi) is 3.62. The molecule has 0 N–H and O–H groups in total. The summed E-state index contributed by atoms with van der Waals surface area (Å²) in [4.78, 5) is 0. The zero-order valence-electron chi connectivity index (χ0n) is 15.0. The highest BCUT2D eigenvalue weighted by molar-refractivity contribution is 5.89. The van der Waals surface area contributed by atoms with Crippen molar-refractivity contribution in [3.63, 3.8) is 0 Å². The molecule has 3 aromatic rings. The lowest BCUT2D eigenvalue weighted by Gasteiger charge is -2.09. The molecule has 25 heavy (non-hydrogen) atoms. The largest absolute Gasteiger partial charge is 0.455 e. The van der Waals surface area contributed by atoms with Crippen molar-refractivity contribution in [3.05, 3.63) is 81.2 Å². The Morgan fingerprint density at radius 2 is 0.960 bits per heavy atom. The minimum Gasteiger partial charge on any atom is -0.455 e. The zero-order valence-corrected chi connectivity index (χ0v) is 15.0. The number of hydrogen-bond acceptors (Lipinski definition) is 1. The SMILES string of the molecule is Cc1cccc(C)c1-c1oc(-c2c(C)cccc2C)c2c1C=C=C=C2. The van der Waals surface area contributed by atoms with Gasteiger partial charge in [-0.05, 0) is 49.9 Å². The van der Waals surface area contributed by atoms with Gasteiger partial charge in [0.1, 0.15) is 11.5 Å². The summed E-state index contributed by atoms with van der Waals surface area (Å²) in [6, 6.07) is 12.7. The van der Waals surface area contributed by atoms with Crippen LogP contribution in [-0.4, -0.2) is 0 Å². The maximum atomic E-state index is 6.52. The molecule has 0 fully saturated rings. The van der Waals surface area contributed by atoms with Gasteiger partial charge >= 0.3 is 0 Å². The molecule has 1 aliphatic rings. The third kappa shape index (κ3) is 2.42. The minimum absolute atomic E-state index is 0.925. The Hall–Kier alpha value is -2.98. The number of furan rings is 1. The van der Waals surface area contributed by atoms with Crippen molar-refractivity contribution in [1.29, 1.82) is 0 Å². The molecule has 1 aliphatic carbocycles. The van der Waals surface area contributed by atoms with Gasteiger partial charge in [0.05, 0.1) is 0 Å². The first-order chi connectivity index (χ1) is 12.1. The van der Waals surface area contributed by atoms with Crippen molar-refractivity contribution < 1.29 is 4.42 Å². The van der Waals surface area contributed by atoms with Crippen molar-refractivity contribution in [2.24, 2.45) is 0 Å². The standard InChI is InChI=1S/C24H20O/c1-15-9-7-10-16(2)21(15)23-19-13-5-6-14-20(19)24(25-23)22-17(3)11-8-12-18(22)4/h7-14H,1-4H3. The first kappa shape index (κ1) is 15.5. The number of hydrogen-bond donors (Lipinski definition) is 0. The summed E-state index contributed by atoms with van der Waals surface area (Å²) >= 11 is 0. The molecule has 0 atom stereocenters. The van der Waals surface area contributed by atoms with E-state index < -0.39 is 0 Å². The van der Waals surface area contributed by atoms with Crippen LogP contribution in [0, 0.1) is 27.7 Å². The van der Waals surface area contributed by atoms with Gasteiger partial charge in [-0.25, -0.2) is 0 Å². The molecule has 1 aromatic heterocycles. The van der Waals surface area contributed by atoms with Crippen LogP contribution in [0.25, 0.3) is 34.8 Å². The molecule has 2 aromatic carbocycles. The Labute approximate surface area is 148 Å². The van der Waals surface area contributed by atoms with E-state index in [-0.39, 0.29) is 0 Å². The summed E-state index contributed by atoms with van der Waals surface area (Å²) in [5, 5.41) is 0. The lowest BCUT2D eigenvalue weighted by molar-refractivity contribution is 0.594. The van der Waals surface area contributed by atoms with Gasteiger partial charge in [0.25, 0.3) is 0 Å². The van der Waals surface area contributed by atoms with Gasteiger partial charge in [-0.3, -0.25) is 0 Å². The van der Waals surface area contributed by atoms with Crippen molar-refractivity contribution in [2.75, 3.05) is 0 Å². The second kappa shape index (κ2) is 5.83. The van der Waals surface area contributed by atoms with Crippen molar-refractivity contribution >= 4 is 12.2 Å². The van der Waals surface area contributed by atoms with Crippen LogP contribution in [0.1, 0.15) is 33.4 Å². The van der Waals surface area contributed by atoms with E-state index in [0.717, 1.165) is 22.6 Å². The maximum Gasteiger partial charge on any atom is 0.143 e. The molecule has 4 rings (SSSR count). The predicted octanol–water partition coefficient (Wildman–Crippen LogP) is 6.64. The van der Waals surface area contributed by atoms with Crippen LogP contribution in [0.3, 0.4) is 0 Å². The van der Waals surface area contributed by atoms with E-state index in [9.17, 15) is 0 Å². The topological polar surface area (TPSA) is 13.1 Å². The second-order valence-electron chi connectivity index (χ2n) is 6.70. The molecule has 0 amide bonds. The number of aryl methyl sites for hydroxylation is 4. The quantitative estimate of drug-likeness (QED) is 0.377. The first-order valence-electron chi connectivity index (χ1n) is 8.55. The molecule has 0 saturated heterocycles. The average molecular weight is 324 g/mol. The minimum atomic E-state index is 0.925. The monoisotopic (exact) mass is 324 g/mol. The van der Waals surface area contributed by atoms with Crippen LogP contribution in [0.4, 0.5) is 0 Å². The fourth-order valence-corrected chi connectivity index (χ4v) is 3.69. The van der Waals surface area contributed by atoms with Crippen LogP contribution < -0.4 is 0 Å². The third-order valence-corrected chi connectivity index (χ3v) is 4.92. The summed E-state index contributed by atoms with van der Waals surface area (Å²) in [5.74, 6) is 1.85. The summed E-state index contributed by atoms with van der Waals surface area (Å²) in [7, 11) is 0. The van der Waals surface area contributed by atoms with E-state index in [1.165, 1.54) is 33.4 Å².